The molecular formula is C45H51NO9. The molecule has 0 bridgehead atoms. The molecule has 0 aromatic heterocycles. The molecule has 5 rings (SSSR count). The number of ether oxygens (including phenoxy) is 7. The molecule has 1 fully saturated rings. The standard InChI is InChI=1S/C45H51NO9/c1-45(2,3)55-44(48)46-37(43(47)49-4)26-17-27-38-40(51-29-34-20-11-6-12-21-34)42(53-31-36-24-15-8-16-25-36)41(52-30-35-22-13-7-14-23-35)39(54-38)32-50-28-33-18-9-5-10-19-33/h5-16,18-25,37-42H,26,28-32H2,1-4H3,(H,46,48)/t37-,38+,39+,40-,41-,42+/m0/s1. The van der Waals surface area contributed by atoms with E-state index in [0.29, 0.717) is 13.2 Å². The number of esters is 1. The molecule has 10 nitrogen and oxygen atoms in total. The number of carbonyl (C=O) groups is 2. The van der Waals surface area contributed by atoms with Gasteiger partial charge in [-0.25, -0.2) is 9.59 Å². The molecule has 0 radical (unpaired) electrons. The summed E-state index contributed by atoms with van der Waals surface area (Å²) in [6.45, 7) is 6.59. The van der Waals surface area contributed by atoms with E-state index < -0.39 is 54.2 Å². The normalized spacial score (nSPS) is 20.0. The maximum absolute atomic E-state index is 12.7. The maximum Gasteiger partial charge on any atom is 0.408 e. The zero-order valence-electron chi connectivity index (χ0n) is 31.9. The van der Waals surface area contributed by atoms with Gasteiger partial charge in [0.25, 0.3) is 0 Å². The summed E-state index contributed by atoms with van der Waals surface area (Å²) in [7, 11) is 1.25. The van der Waals surface area contributed by atoms with Crippen molar-refractivity contribution in [1.82, 2.24) is 5.32 Å². The Morgan fingerprint density at radius 2 is 1.13 bits per heavy atom. The molecule has 4 aromatic carbocycles. The monoisotopic (exact) mass is 749 g/mol. The van der Waals surface area contributed by atoms with E-state index in [2.05, 4.69) is 17.2 Å². The molecular weight excluding hydrogens is 698 g/mol. The third kappa shape index (κ3) is 13.7. The molecule has 10 heteroatoms. The van der Waals surface area contributed by atoms with E-state index in [1.165, 1.54) is 7.11 Å². The van der Waals surface area contributed by atoms with Crippen molar-refractivity contribution in [2.75, 3.05) is 13.7 Å². The summed E-state index contributed by atoms with van der Waals surface area (Å²) < 4.78 is 43.6. The van der Waals surface area contributed by atoms with Crippen LogP contribution in [0.15, 0.2) is 121 Å². The van der Waals surface area contributed by atoms with Crippen molar-refractivity contribution in [2.24, 2.45) is 0 Å². The third-order valence-corrected chi connectivity index (χ3v) is 8.61. The molecule has 1 aliphatic rings. The van der Waals surface area contributed by atoms with Crippen LogP contribution in [0.2, 0.25) is 0 Å². The van der Waals surface area contributed by atoms with E-state index in [9.17, 15) is 9.59 Å². The highest BCUT2D eigenvalue weighted by Gasteiger charge is 2.48. The Morgan fingerprint density at radius 1 is 0.673 bits per heavy atom. The van der Waals surface area contributed by atoms with Crippen molar-refractivity contribution in [3.05, 3.63) is 144 Å². The van der Waals surface area contributed by atoms with Crippen molar-refractivity contribution < 1.29 is 42.7 Å². The van der Waals surface area contributed by atoms with Gasteiger partial charge in [-0.2, -0.15) is 0 Å². The summed E-state index contributed by atoms with van der Waals surface area (Å²) in [6, 6.07) is 38.4. The minimum Gasteiger partial charge on any atom is -0.467 e. The average Bonchev–Trinajstić information content (AvgIpc) is 3.19. The first-order valence-electron chi connectivity index (χ1n) is 18.5. The quantitative estimate of drug-likeness (QED) is 0.0941. The first-order chi connectivity index (χ1) is 26.7. The van der Waals surface area contributed by atoms with Crippen LogP contribution in [0.1, 0.15) is 49.4 Å². The van der Waals surface area contributed by atoms with Gasteiger partial charge in [0.1, 0.15) is 42.2 Å². The lowest BCUT2D eigenvalue weighted by atomic mass is 9.94. The predicted molar refractivity (Wildman–Crippen MR) is 207 cm³/mol. The van der Waals surface area contributed by atoms with Gasteiger partial charge in [0.15, 0.2) is 0 Å². The molecule has 1 aliphatic heterocycles. The molecule has 0 saturated carbocycles. The van der Waals surface area contributed by atoms with E-state index in [4.69, 9.17) is 33.2 Å². The lowest BCUT2D eigenvalue weighted by Crippen LogP contribution is -2.60. The largest absolute Gasteiger partial charge is 0.467 e. The van der Waals surface area contributed by atoms with Gasteiger partial charge in [0.05, 0.1) is 40.1 Å². The van der Waals surface area contributed by atoms with Crippen LogP contribution in [-0.4, -0.2) is 67.9 Å². The number of amides is 1. The topological polar surface area (TPSA) is 111 Å². The van der Waals surface area contributed by atoms with Crippen LogP contribution < -0.4 is 5.32 Å². The van der Waals surface area contributed by atoms with Crippen LogP contribution >= 0.6 is 0 Å². The first-order valence-corrected chi connectivity index (χ1v) is 18.5. The number of rotatable bonds is 16. The molecule has 1 N–H and O–H groups in total. The SMILES string of the molecule is COC(=O)[C@H](CC#C[C@H]1O[C@H](COCc2ccccc2)[C@H](OCc2ccccc2)[C@H](OCc2ccccc2)[C@H]1OCc1ccccc1)NC(=O)OC(C)(C)C. The summed E-state index contributed by atoms with van der Waals surface area (Å²) >= 11 is 0. The molecule has 4 aromatic rings. The summed E-state index contributed by atoms with van der Waals surface area (Å²) in [5.74, 6) is 5.62. The van der Waals surface area contributed by atoms with Gasteiger partial charge in [0.2, 0.25) is 0 Å². The van der Waals surface area contributed by atoms with Crippen molar-refractivity contribution in [3.8, 4) is 11.8 Å². The van der Waals surface area contributed by atoms with Gasteiger partial charge < -0.3 is 38.5 Å². The number of hydrogen-bond donors (Lipinski definition) is 1. The van der Waals surface area contributed by atoms with E-state index in [1.54, 1.807) is 20.8 Å². The van der Waals surface area contributed by atoms with Crippen LogP contribution in [0.25, 0.3) is 0 Å². The van der Waals surface area contributed by atoms with Gasteiger partial charge in [-0.15, -0.1) is 0 Å². The third-order valence-electron chi connectivity index (χ3n) is 8.61. The fraction of sp³-hybridized carbons (Fsp3) is 0.378. The molecule has 1 saturated heterocycles. The number of carbonyl (C=O) groups excluding carboxylic acids is 2. The molecule has 0 aliphatic carbocycles. The molecule has 0 spiro atoms. The molecule has 0 unspecified atom stereocenters. The summed E-state index contributed by atoms with van der Waals surface area (Å²) in [5.41, 5.74) is 3.18. The first kappa shape index (κ1) is 41.1. The maximum atomic E-state index is 12.7. The molecule has 290 valence electrons. The zero-order valence-corrected chi connectivity index (χ0v) is 31.9. The Morgan fingerprint density at radius 3 is 1.60 bits per heavy atom. The van der Waals surface area contributed by atoms with E-state index in [1.807, 2.05) is 121 Å². The van der Waals surface area contributed by atoms with Gasteiger partial charge in [0, 0.05) is 6.42 Å². The van der Waals surface area contributed by atoms with Gasteiger partial charge in [-0.05, 0) is 43.0 Å². The van der Waals surface area contributed by atoms with Crippen LogP contribution in [0.5, 0.6) is 0 Å². The minimum atomic E-state index is -1.09. The second-order valence-corrected chi connectivity index (χ2v) is 14.1. The molecule has 6 atom stereocenters. The van der Waals surface area contributed by atoms with Gasteiger partial charge >= 0.3 is 12.1 Å². The van der Waals surface area contributed by atoms with Gasteiger partial charge in [-0.1, -0.05) is 133 Å². The average molecular weight is 750 g/mol. The van der Waals surface area contributed by atoms with E-state index in [0.717, 1.165) is 22.3 Å². The molecule has 55 heavy (non-hydrogen) atoms. The predicted octanol–water partition coefficient (Wildman–Crippen LogP) is 7.19. The fourth-order valence-corrected chi connectivity index (χ4v) is 5.95. The van der Waals surface area contributed by atoms with E-state index >= 15 is 0 Å². The second kappa shape index (κ2) is 21.2. The number of hydrogen-bond acceptors (Lipinski definition) is 9. The van der Waals surface area contributed by atoms with Crippen molar-refractivity contribution in [2.45, 2.75) is 95.8 Å². The summed E-state index contributed by atoms with van der Waals surface area (Å²) in [5, 5.41) is 2.58. The van der Waals surface area contributed by atoms with Crippen molar-refractivity contribution in [1.29, 1.82) is 0 Å². The smallest absolute Gasteiger partial charge is 0.408 e. The Kier molecular flexibility index (Phi) is 15.8. The highest BCUT2D eigenvalue weighted by atomic mass is 16.6. The number of nitrogens with one attached hydrogen (secondary N) is 1. The van der Waals surface area contributed by atoms with Crippen LogP contribution in [0.3, 0.4) is 0 Å². The summed E-state index contributed by atoms with van der Waals surface area (Å²) in [6.07, 6.45) is -4.33. The fourth-order valence-electron chi connectivity index (χ4n) is 5.95. The van der Waals surface area contributed by atoms with E-state index in [-0.39, 0.29) is 26.2 Å². The minimum absolute atomic E-state index is 0.0736. The van der Waals surface area contributed by atoms with Crippen LogP contribution in [-0.2, 0) is 64.4 Å². The highest BCUT2D eigenvalue weighted by Crippen LogP contribution is 2.31. The van der Waals surface area contributed by atoms with Crippen molar-refractivity contribution >= 4 is 12.1 Å². The van der Waals surface area contributed by atoms with Crippen molar-refractivity contribution in [3.63, 3.8) is 0 Å². The second-order valence-electron chi connectivity index (χ2n) is 14.1. The highest BCUT2D eigenvalue weighted by molar-refractivity contribution is 5.81. The summed E-state index contributed by atoms with van der Waals surface area (Å²) in [4.78, 5) is 25.4. The Balaban J connectivity index is 1.47. The van der Waals surface area contributed by atoms with Gasteiger partial charge in [-0.3, -0.25) is 0 Å². The number of methoxy groups -OCH3 is 1. The molecule has 1 heterocycles. The van der Waals surface area contributed by atoms with Crippen LogP contribution in [0.4, 0.5) is 4.79 Å². The lowest BCUT2D eigenvalue weighted by molar-refractivity contribution is -0.261. The Labute approximate surface area is 324 Å². The Bertz CT molecular complexity index is 1790. The number of benzene rings is 4. The number of alkyl carbamates (subject to hydrolysis) is 1. The molecule has 1 amide bonds. The van der Waals surface area contributed by atoms with Crippen LogP contribution in [0, 0.1) is 11.8 Å². The zero-order chi connectivity index (χ0) is 38.9. The Hall–Kier alpha value is -5.02. The lowest BCUT2D eigenvalue weighted by Gasteiger charge is -2.45.